The van der Waals surface area contributed by atoms with E-state index in [2.05, 4.69) is 48.2 Å². The van der Waals surface area contributed by atoms with Crippen molar-refractivity contribution in [3.05, 3.63) is 20.3 Å². The van der Waals surface area contributed by atoms with Gasteiger partial charge in [0.05, 0.1) is 9.83 Å². The molecule has 0 aliphatic heterocycles. The van der Waals surface area contributed by atoms with Crippen LogP contribution in [0.3, 0.4) is 0 Å². The van der Waals surface area contributed by atoms with E-state index in [1.165, 1.54) is 33.5 Å². The third kappa shape index (κ3) is 3.16. The zero-order valence-electron chi connectivity index (χ0n) is 11.4. The number of hydrogen-bond acceptors (Lipinski definition) is 3. The lowest BCUT2D eigenvalue weighted by Crippen LogP contribution is -2.36. The molecule has 3 unspecified atom stereocenters. The van der Waals surface area contributed by atoms with Crippen molar-refractivity contribution in [2.24, 2.45) is 23.6 Å². The number of nitrogens with one attached hydrogen (secondary N) is 1. The number of hydrogen-bond donors (Lipinski definition) is 2. The fraction of sp³-hybridized carbons (Fsp3) is 0.714. The smallest absolute Gasteiger partial charge is 0.0731 e. The Morgan fingerprint density at radius 3 is 2.39 bits per heavy atom. The first kappa shape index (κ1) is 14.5. The Hall–Kier alpha value is 0.100. The van der Waals surface area contributed by atoms with Crippen molar-refractivity contribution >= 4 is 27.3 Å². The first-order valence-corrected chi connectivity index (χ1v) is 8.34. The first-order valence-electron chi connectivity index (χ1n) is 6.73. The molecule has 3 N–H and O–H groups in total. The minimum Gasteiger partial charge on any atom is -0.271 e. The number of aryl methyl sites for hydroxylation is 1. The highest BCUT2D eigenvalue weighted by molar-refractivity contribution is 9.11. The van der Waals surface area contributed by atoms with Crippen molar-refractivity contribution in [1.29, 1.82) is 0 Å². The molecule has 4 heteroatoms. The molecule has 1 heterocycles. The topological polar surface area (TPSA) is 38.0 Å². The van der Waals surface area contributed by atoms with Crippen LogP contribution in [-0.2, 0) is 0 Å². The minimum absolute atomic E-state index is 0.310. The second-order valence-electron chi connectivity index (χ2n) is 5.93. The van der Waals surface area contributed by atoms with E-state index in [-0.39, 0.29) is 0 Å². The molecule has 0 bridgehead atoms. The van der Waals surface area contributed by atoms with Gasteiger partial charge >= 0.3 is 0 Å². The summed E-state index contributed by atoms with van der Waals surface area (Å²) in [4.78, 5) is 1.37. The Morgan fingerprint density at radius 1 is 1.33 bits per heavy atom. The summed E-state index contributed by atoms with van der Waals surface area (Å²) in [6, 6.07) is 2.58. The second-order valence-corrected chi connectivity index (χ2v) is 8.33. The number of hydrazine groups is 1. The molecule has 1 aliphatic carbocycles. The quantitative estimate of drug-likeness (QED) is 0.636. The van der Waals surface area contributed by atoms with Gasteiger partial charge in [-0.15, -0.1) is 11.3 Å². The Labute approximate surface area is 122 Å². The maximum Gasteiger partial charge on any atom is 0.0731 e. The van der Waals surface area contributed by atoms with Crippen molar-refractivity contribution in [2.45, 2.75) is 46.1 Å². The highest BCUT2D eigenvalue weighted by Crippen LogP contribution is 2.42. The standard InChI is InChI=1S/C14H23BrN2S/c1-8-4-9(2)6-11(5-8)13(17-16)12-7-10(3)14(15)18-12/h7-9,11,13,17H,4-6,16H2,1-3H3. The van der Waals surface area contributed by atoms with Gasteiger partial charge in [-0.05, 0) is 71.5 Å². The van der Waals surface area contributed by atoms with Crippen LogP contribution < -0.4 is 11.3 Å². The molecule has 3 atom stereocenters. The lowest BCUT2D eigenvalue weighted by molar-refractivity contribution is 0.178. The molecule has 0 saturated heterocycles. The van der Waals surface area contributed by atoms with Crippen LogP contribution in [0.5, 0.6) is 0 Å². The molecule has 1 fully saturated rings. The molecule has 0 spiro atoms. The summed E-state index contributed by atoms with van der Waals surface area (Å²) >= 11 is 5.43. The third-order valence-corrected chi connectivity index (χ3v) is 6.27. The van der Waals surface area contributed by atoms with Crippen LogP contribution in [-0.4, -0.2) is 0 Å². The van der Waals surface area contributed by atoms with Crippen LogP contribution in [0.4, 0.5) is 0 Å². The molecule has 0 radical (unpaired) electrons. The van der Waals surface area contributed by atoms with Crippen LogP contribution in [0.2, 0.25) is 0 Å². The normalized spacial score (nSPS) is 30.4. The SMILES string of the molecule is Cc1cc(C(NN)C2CC(C)CC(C)C2)sc1Br. The number of nitrogens with two attached hydrogens (primary N) is 1. The summed E-state index contributed by atoms with van der Waals surface area (Å²) in [5, 5.41) is 0. The third-order valence-electron chi connectivity index (χ3n) is 4.05. The van der Waals surface area contributed by atoms with Gasteiger partial charge in [0, 0.05) is 4.88 Å². The maximum atomic E-state index is 5.83. The summed E-state index contributed by atoms with van der Waals surface area (Å²) in [6.07, 6.45) is 3.93. The van der Waals surface area contributed by atoms with Gasteiger partial charge in [0.2, 0.25) is 0 Å². The Balaban J connectivity index is 2.17. The Kier molecular flexibility index (Phi) is 4.86. The zero-order chi connectivity index (χ0) is 13.3. The van der Waals surface area contributed by atoms with E-state index in [1.54, 1.807) is 0 Å². The Bertz CT molecular complexity index is 375. The summed E-state index contributed by atoms with van der Waals surface area (Å²) in [7, 11) is 0. The minimum atomic E-state index is 0.310. The number of halogens is 1. The molecule has 1 aromatic rings. The predicted octanol–water partition coefficient (Wildman–Crippen LogP) is 4.40. The van der Waals surface area contributed by atoms with Gasteiger partial charge in [0.15, 0.2) is 0 Å². The summed E-state index contributed by atoms with van der Waals surface area (Å²) in [5.74, 6) is 8.13. The van der Waals surface area contributed by atoms with E-state index >= 15 is 0 Å². The summed E-state index contributed by atoms with van der Waals surface area (Å²) < 4.78 is 1.23. The molecule has 102 valence electrons. The van der Waals surface area contributed by atoms with E-state index in [4.69, 9.17) is 5.84 Å². The van der Waals surface area contributed by atoms with Gasteiger partial charge in [-0.2, -0.15) is 0 Å². The predicted molar refractivity (Wildman–Crippen MR) is 82.5 cm³/mol. The van der Waals surface area contributed by atoms with Gasteiger partial charge in [0.1, 0.15) is 0 Å². The van der Waals surface area contributed by atoms with Gasteiger partial charge in [-0.25, -0.2) is 0 Å². The van der Waals surface area contributed by atoms with Gasteiger partial charge in [-0.1, -0.05) is 13.8 Å². The van der Waals surface area contributed by atoms with Crippen LogP contribution in [0.15, 0.2) is 9.85 Å². The first-order chi connectivity index (χ1) is 8.51. The van der Waals surface area contributed by atoms with E-state index in [0.29, 0.717) is 12.0 Å². The van der Waals surface area contributed by atoms with E-state index in [9.17, 15) is 0 Å². The van der Waals surface area contributed by atoms with Crippen molar-refractivity contribution < 1.29 is 0 Å². The molecule has 0 amide bonds. The highest BCUT2D eigenvalue weighted by atomic mass is 79.9. The number of rotatable bonds is 3. The van der Waals surface area contributed by atoms with Gasteiger partial charge in [0.25, 0.3) is 0 Å². The van der Waals surface area contributed by atoms with E-state index in [0.717, 1.165) is 11.8 Å². The fourth-order valence-electron chi connectivity index (χ4n) is 3.37. The molecule has 2 rings (SSSR count). The largest absolute Gasteiger partial charge is 0.271 e. The lowest BCUT2D eigenvalue weighted by atomic mass is 9.73. The molecule has 1 aliphatic rings. The average Bonchev–Trinajstić information content (AvgIpc) is 2.58. The molecule has 1 saturated carbocycles. The van der Waals surface area contributed by atoms with Crippen LogP contribution >= 0.6 is 27.3 Å². The van der Waals surface area contributed by atoms with Crippen molar-refractivity contribution in [3.63, 3.8) is 0 Å². The molecule has 18 heavy (non-hydrogen) atoms. The second kappa shape index (κ2) is 6.04. The van der Waals surface area contributed by atoms with Crippen molar-refractivity contribution in [2.75, 3.05) is 0 Å². The maximum absolute atomic E-state index is 5.83. The lowest BCUT2D eigenvalue weighted by Gasteiger charge is -2.35. The molecular formula is C14H23BrN2S. The van der Waals surface area contributed by atoms with Crippen molar-refractivity contribution in [3.8, 4) is 0 Å². The van der Waals surface area contributed by atoms with Crippen LogP contribution in [0.25, 0.3) is 0 Å². The average molecular weight is 331 g/mol. The highest BCUT2D eigenvalue weighted by Gasteiger charge is 2.31. The fourth-order valence-corrected chi connectivity index (χ4v) is 5.09. The molecular weight excluding hydrogens is 308 g/mol. The van der Waals surface area contributed by atoms with Crippen LogP contribution in [0.1, 0.15) is 49.6 Å². The Morgan fingerprint density at radius 2 is 1.94 bits per heavy atom. The molecule has 2 nitrogen and oxygen atoms in total. The van der Waals surface area contributed by atoms with Crippen LogP contribution in [0, 0.1) is 24.7 Å². The zero-order valence-corrected chi connectivity index (χ0v) is 13.8. The molecule has 1 aromatic heterocycles. The monoisotopic (exact) mass is 330 g/mol. The number of thiophene rings is 1. The molecule has 0 aromatic carbocycles. The summed E-state index contributed by atoms with van der Waals surface area (Å²) in [5.41, 5.74) is 4.37. The van der Waals surface area contributed by atoms with Gasteiger partial charge < -0.3 is 0 Å². The van der Waals surface area contributed by atoms with E-state index in [1.807, 2.05) is 11.3 Å². The van der Waals surface area contributed by atoms with Gasteiger partial charge in [-0.3, -0.25) is 11.3 Å². The van der Waals surface area contributed by atoms with Crippen molar-refractivity contribution in [1.82, 2.24) is 5.43 Å². The summed E-state index contributed by atoms with van der Waals surface area (Å²) in [6.45, 7) is 6.88. The van der Waals surface area contributed by atoms with E-state index < -0.39 is 0 Å².